The number of benzene rings is 1. The maximum absolute atomic E-state index is 12.7. The summed E-state index contributed by atoms with van der Waals surface area (Å²) in [7, 11) is -3.21. The van der Waals surface area contributed by atoms with Crippen LogP contribution in [0.25, 0.3) is 0 Å². The number of rotatable bonds is 4. The predicted molar refractivity (Wildman–Crippen MR) is 106 cm³/mol. The van der Waals surface area contributed by atoms with E-state index < -0.39 is 9.84 Å². The Bertz CT molecular complexity index is 888. The van der Waals surface area contributed by atoms with Crippen molar-refractivity contribution in [3.63, 3.8) is 0 Å². The lowest BCUT2D eigenvalue weighted by atomic mass is 9.77. The highest BCUT2D eigenvalue weighted by Gasteiger charge is 2.36. The molecule has 1 aliphatic rings. The standard InChI is InChI=1S/C19H24ClN3O3S/c1-19(2)7-9-23(18(24)22-8-4-10-27(3,25)26)17(12-19)14-5-6-15(13-21)16(20)11-14/h4-6,10-11,17H,7-9,12H2,1-3H3,(H,22,24). The fourth-order valence-corrected chi connectivity index (χ4v) is 3.83. The Morgan fingerprint density at radius 2 is 2.19 bits per heavy atom. The van der Waals surface area contributed by atoms with Gasteiger partial charge in [-0.3, -0.25) is 0 Å². The van der Waals surface area contributed by atoms with Gasteiger partial charge in [-0.25, -0.2) is 13.2 Å². The van der Waals surface area contributed by atoms with Crippen molar-refractivity contribution < 1.29 is 13.2 Å². The van der Waals surface area contributed by atoms with E-state index in [-0.39, 0.29) is 24.0 Å². The molecule has 0 saturated carbocycles. The van der Waals surface area contributed by atoms with Gasteiger partial charge in [-0.15, -0.1) is 0 Å². The molecule has 0 bridgehead atoms. The second kappa shape index (κ2) is 8.32. The van der Waals surface area contributed by atoms with Crippen LogP contribution >= 0.6 is 11.6 Å². The minimum atomic E-state index is -3.21. The average molecular weight is 410 g/mol. The topological polar surface area (TPSA) is 90.3 Å². The summed E-state index contributed by atoms with van der Waals surface area (Å²) in [6, 6.07) is 6.87. The fraction of sp³-hybridized carbons (Fsp3) is 0.474. The van der Waals surface area contributed by atoms with E-state index in [0.717, 1.165) is 30.1 Å². The molecule has 1 aliphatic heterocycles. The summed E-state index contributed by atoms with van der Waals surface area (Å²) in [5, 5.41) is 13.2. The van der Waals surface area contributed by atoms with Crippen LogP contribution in [0.15, 0.2) is 29.7 Å². The molecule has 1 fully saturated rings. The molecular weight excluding hydrogens is 386 g/mol. The smallest absolute Gasteiger partial charge is 0.318 e. The number of hydrogen-bond donors (Lipinski definition) is 1. The monoisotopic (exact) mass is 409 g/mol. The number of nitriles is 1. The van der Waals surface area contributed by atoms with Gasteiger partial charge in [-0.1, -0.05) is 37.6 Å². The number of carbonyl (C=O) groups is 1. The molecule has 6 nitrogen and oxygen atoms in total. The van der Waals surface area contributed by atoms with E-state index in [9.17, 15) is 13.2 Å². The molecule has 27 heavy (non-hydrogen) atoms. The third-order valence-electron chi connectivity index (χ3n) is 4.63. The lowest BCUT2D eigenvalue weighted by Crippen LogP contribution is -2.48. The molecule has 1 aromatic carbocycles. The van der Waals surface area contributed by atoms with Gasteiger partial charge in [0.25, 0.3) is 0 Å². The van der Waals surface area contributed by atoms with E-state index >= 15 is 0 Å². The molecule has 146 valence electrons. The van der Waals surface area contributed by atoms with Crippen molar-refractivity contribution in [1.29, 1.82) is 5.26 Å². The van der Waals surface area contributed by atoms with E-state index in [1.807, 2.05) is 12.1 Å². The molecule has 0 spiro atoms. The van der Waals surface area contributed by atoms with Crippen LogP contribution in [0.3, 0.4) is 0 Å². The summed E-state index contributed by atoms with van der Waals surface area (Å²) >= 11 is 6.18. The van der Waals surface area contributed by atoms with Crippen LogP contribution < -0.4 is 5.32 Å². The molecule has 0 aliphatic carbocycles. The lowest BCUT2D eigenvalue weighted by molar-refractivity contribution is 0.0921. The molecule has 2 rings (SSSR count). The number of sulfone groups is 1. The van der Waals surface area contributed by atoms with Crippen LogP contribution in [0.4, 0.5) is 4.79 Å². The first kappa shape index (κ1) is 21.3. The molecule has 1 atom stereocenters. The van der Waals surface area contributed by atoms with Gasteiger partial charge in [0, 0.05) is 24.8 Å². The molecule has 1 unspecified atom stereocenters. The molecule has 2 amide bonds. The third-order valence-corrected chi connectivity index (χ3v) is 5.62. The van der Waals surface area contributed by atoms with Crippen molar-refractivity contribution in [1.82, 2.24) is 10.2 Å². The Labute approximate surface area is 165 Å². The van der Waals surface area contributed by atoms with Crippen molar-refractivity contribution in [3.8, 4) is 6.07 Å². The SMILES string of the molecule is CC1(C)CCN(C(=O)NCC=CS(C)(=O)=O)C(c2ccc(C#N)c(Cl)c2)C1. The molecule has 1 saturated heterocycles. The molecular formula is C19H24ClN3O3S. The zero-order valence-corrected chi connectivity index (χ0v) is 17.3. The van der Waals surface area contributed by atoms with Crippen molar-refractivity contribution in [3.05, 3.63) is 45.8 Å². The molecule has 0 aromatic heterocycles. The van der Waals surface area contributed by atoms with Crippen LogP contribution in [0.2, 0.25) is 5.02 Å². The summed E-state index contributed by atoms with van der Waals surface area (Å²) in [5.74, 6) is 0. The normalized spacial score (nSPS) is 19.7. The van der Waals surface area contributed by atoms with Crippen molar-refractivity contribution in [2.45, 2.75) is 32.7 Å². The van der Waals surface area contributed by atoms with Gasteiger partial charge in [-0.2, -0.15) is 5.26 Å². The van der Waals surface area contributed by atoms with Gasteiger partial charge < -0.3 is 10.2 Å². The third kappa shape index (κ3) is 5.98. The first-order chi connectivity index (χ1) is 12.5. The summed E-state index contributed by atoms with van der Waals surface area (Å²) in [6.07, 6.45) is 4.14. The zero-order valence-electron chi connectivity index (χ0n) is 15.7. The van der Waals surface area contributed by atoms with Crippen LogP contribution in [0.1, 0.15) is 43.9 Å². The van der Waals surface area contributed by atoms with Crippen molar-refractivity contribution in [2.75, 3.05) is 19.3 Å². The van der Waals surface area contributed by atoms with E-state index in [4.69, 9.17) is 16.9 Å². The number of amides is 2. The Kier molecular flexibility index (Phi) is 6.55. The Morgan fingerprint density at radius 1 is 1.48 bits per heavy atom. The highest BCUT2D eigenvalue weighted by molar-refractivity contribution is 7.93. The van der Waals surface area contributed by atoms with E-state index in [2.05, 4.69) is 19.2 Å². The van der Waals surface area contributed by atoms with Gasteiger partial charge >= 0.3 is 6.03 Å². The number of carbonyl (C=O) groups excluding carboxylic acids is 1. The average Bonchev–Trinajstić information content (AvgIpc) is 2.57. The molecule has 0 radical (unpaired) electrons. The second-order valence-electron chi connectivity index (χ2n) is 7.57. The number of likely N-dealkylation sites (tertiary alicyclic amines) is 1. The summed E-state index contributed by atoms with van der Waals surface area (Å²) in [5.41, 5.74) is 1.35. The van der Waals surface area contributed by atoms with E-state index in [0.29, 0.717) is 17.1 Å². The fourth-order valence-electron chi connectivity index (χ4n) is 3.16. The van der Waals surface area contributed by atoms with Gasteiger partial charge in [0.2, 0.25) is 0 Å². The summed E-state index contributed by atoms with van der Waals surface area (Å²) < 4.78 is 22.3. The predicted octanol–water partition coefficient (Wildman–Crippen LogP) is 3.64. The summed E-state index contributed by atoms with van der Waals surface area (Å²) in [4.78, 5) is 14.4. The van der Waals surface area contributed by atoms with Gasteiger partial charge in [0.1, 0.15) is 6.07 Å². The van der Waals surface area contributed by atoms with Crippen LogP contribution in [0.5, 0.6) is 0 Å². The zero-order chi connectivity index (χ0) is 20.2. The number of hydrogen-bond acceptors (Lipinski definition) is 4. The van der Waals surface area contributed by atoms with Gasteiger partial charge in [-0.05, 0) is 36.0 Å². The minimum absolute atomic E-state index is 0.0675. The maximum Gasteiger partial charge on any atom is 0.318 e. The highest BCUT2D eigenvalue weighted by atomic mass is 35.5. The van der Waals surface area contributed by atoms with Gasteiger partial charge in [0.05, 0.1) is 16.6 Å². The number of nitrogens with zero attached hydrogens (tertiary/aromatic N) is 2. The van der Waals surface area contributed by atoms with Crippen LogP contribution in [-0.4, -0.2) is 38.7 Å². The minimum Gasteiger partial charge on any atom is -0.334 e. The van der Waals surface area contributed by atoms with E-state index in [1.165, 1.54) is 6.08 Å². The summed E-state index contributed by atoms with van der Waals surface area (Å²) in [6.45, 7) is 5.04. The first-order valence-electron chi connectivity index (χ1n) is 8.63. The van der Waals surface area contributed by atoms with Crippen LogP contribution in [-0.2, 0) is 9.84 Å². The Balaban J connectivity index is 2.20. The Hall–Kier alpha value is -2.04. The van der Waals surface area contributed by atoms with Crippen molar-refractivity contribution >= 4 is 27.5 Å². The Morgan fingerprint density at radius 3 is 2.78 bits per heavy atom. The quantitative estimate of drug-likeness (QED) is 0.821. The highest BCUT2D eigenvalue weighted by Crippen LogP contribution is 2.42. The number of nitrogens with one attached hydrogen (secondary N) is 1. The van der Waals surface area contributed by atoms with Gasteiger partial charge in [0.15, 0.2) is 9.84 Å². The number of piperidine rings is 1. The maximum atomic E-state index is 12.7. The molecule has 1 heterocycles. The first-order valence-corrected chi connectivity index (χ1v) is 11.0. The van der Waals surface area contributed by atoms with Crippen LogP contribution in [0, 0.1) is 16.7 Å². The second-order valence-corrected chi connectivity index (χ2v) is 9.90. The molecule has 1 aromatic rings. The van der Waals surface area contributed by atoms with Crippen molar-refractivity contribution in [2.24, 2.45) is 5.41 Å². The van der Waals surface area contributed by atoms with E-state index in [1.54, 1.807) is 17.0 Å². The number of urea groups is 1. The lowest BCUT2D eigenvalue weighted by Gasteiger charge is -2.43. The molecule has 1 N–H and O–H groups in total. The molecule has 8 heteroatoms. The largest absolute Gasteiger partial charge is 0.334 e. The number of halogens is 1.